The Morgan fingerprint density at radius 3 is 2.88 bits per heavy atom. The molecule has 4 heteroatoms. The molecule has 0 fully saturated rings. The van der Waals surface area contributed by atoms with Crippen LogP contribution in [0.5, 0.6) is 0 Å². The molecule has 0 saturated heterocycles. The first kappa shape index (κ1) is 14.2. The Hall–Kier alpha value is -0.870. The number of aromatic nitrogens is 2. The second kappa shape index (κ2) is 8.25. The van der Waals surface area contributed by atoms with Gasteiger partial charge in [0.15, 0.2) is 0 Å². The van der Waals surface area contributed by atoms with E-state index >= 15 is 0 Å². The maximum atomic E-state index is 4.39. The molecule has 0 aromatic carbocycles. The second-order valence-corrected chi connectivity index (χ2v) is 4.72. The summed E-state index contributed by atoms with van der Waals surface area (Å²) in [6, 6.07) is 0. The molecular formula is C13H26N4. The van der Waals surface area contributed by atoms with Crippen molar-refractivity contribution in [3.05, 3.63) is 18.2 Å². The molecule has 0 aliphatic carbocycles. The van der Waals surface area contributed by atoms with E-state index in [1.54, 1.807) is 0 Å². The highest BCUT2D eigenvalue weighted by Gasteiger charge is 2.01. The summed E-state index contributed by atoms with van der Waals surface area (Å²) in [6.45, 7) is 6.38. The Morgan fingerprint density at radius 1 is 1.35 bits per heavy atom. The molecule has 1 rings (SSSR count). The predicted molar refractivity (Wildman–Crippen MR) is 72.0 cm³/mol. The minimum Gasteiger partial charge on any atom is -0.334 e. The van der Waals surface area contributed by atoms with Crippen molar-refractivity contribution in [2.24, 2.45) is 0 Å². The van der Waals surface area contributed by atoms with Gasteiger partial charge in [-0.1, -0.05) is 13.3 Å². The lowest BCUT2D eigenvalue weighted by Crippen LogP contribution is -2.22. The number of unbranched alkanes of at least 4 members (excludes halogenated alkanes) is 1. The molecular weight excluding hydrogens is 212 g/mol. The van der Waals surface area contributed by atoms with Crippen LogP contribution < -0.4 is 5.32 Å². The molecule has 1 heterocycles. The third kappa shape index (κ3) is 5.84. The topological polar surface area (TPSA) is 33.1 Å². The van der Waals surface area contributed by atoms with E-state index in [9.17, 15) is 0 Å². The van der Waals surface area contributed by atoms with Gasteiger partial charge in [0.1, 0.15) is 5.82 Å². The van der Waals surface area contributed by atoms with Crippen molar-refractivity contribution in [1.29, 1.82) is 0 Å². The number of nitrogens with zero attached hydrogens (tertiary/aromatic N) is 3. The van der Waals surface area contributed by atoms with Gasteiger partial charge < -0.3 is 14.8 Å². The van der Waals surface area contributed by atoms with Crippen molar-refractivity contribution < 1.29 is 0 Å². The van der Waals surface area contributed by atoms with Crippen LogP contribution in [0.25, 0.3) is 0 Å². The summed E-state index contributed by atoms with van der Waals surface area (Å²) >= 11 is 0. The number of hydrogen-bond acceptors (Lipinski definition) is 3. The van der Waals surface area contributed by atoms with E-state index in [1.807, 2.05) is 6.20 Å². The summed E-state index contributed by atoms with van der Waals surface area (Å²) < 4.78 is 2.25. The Morgan fingerprint density at radius 2 is 2.18 bits per heavy atom. The molecule has 0 radical (unpaired) electrons. The average Bonchev–Trinajstić information content (AvgIpc) is 2.73. The first-order valence-corrected chi connectivity index (χ1v) is 6.59. The Bertz CT molecular complexity index is 293. The van der Waals surface area contributed by atoms with Crippen molar-refractivity contribution >= 4 is 0 Å². The molecule has 17 heavy (non-hydrogen) atoms. The van der Waals surface area contributed by atoms with E-state index in [-0.39, 0.29) is 0 Å². The van der Waals surface area contributed by atoms with Gasteiger partial charge in [-0.3, -0.25) is 0 Å². The van der Waals surface area contributed by atoms with Crippen LogP contribution in [-0.2, 0) is 13.1 Å². The molecule has 0 unspecified atom stereocenters. The first-order chi connectivity index (χ1) is 8.24. The molecule has 0 saturated carbocycles. The van der Waals surface area contributed by atoms with Crippen LogP contribution in [-0.4, -0.2) is 41.6 Å². The zero-order chi connectivity index (χ0) is 12.5. The lowest BCUT2D eigenvalue weighted by Gasteiger charge is -2.10. The fourth-order valence-corrected chi connectivity index (χ4v) is 1.76. The standard InChI is InChI=1S/C13H26N4/c1-4-5-10-17-11-8-15-13(17)12-14-7-6-9-16(2)3/h8,11,14H,4-7,9-10,12H2,1-3H3. The summed E-state index contributed by atoms with van der Waals surface area (Å²) in [4.78, 5) is 6.60. The van der Waals surface area contributed by atoms with Crippen molar-refractivity contribution in [2.75, 3.05) is 27.2 Å². The SMILES string of the molecule is CCCCn1ccnc1CNCCCN(C)C. The second-order valence-electron chi connectivity index (χ2n) is 4.72. The average molecular weight is 238 g/mol. The van der Waals surface area contributed by atoms with E-state index in [2.05, 4.69) is 47.0 Å². The van der Waals surface area contributed by atoms with Crippen molar-refractivity contribution in [2.45, 2.75) is 39.3 Å². The van der Waals surface area contributed by atoms with Gasteiger partial charge >= 0.3 is 0 Å². The van der Waals surface area contributed by atoms with Gasteiger partial charge in [-0.05, 0) is 40.0 Å². The Labute approximate surface area is 105 Å². The summed E-state index contributed by atoms with van der Waals surface area (Å²) in [7, 11) is 4.22. The fraction of sp³-hybridized carbons (Fsp3) is 0.769. The van der Waals surface area contributed by atoms with Crippen molar-refractivity contribution in [3.8, 4) is 0 Å². The minimum atomic E-state index is 0.879. The largest absolute Gasteiger partial charge is 0.334 e. The lowest BCUT2D eigenvalue weighted by molar-refractivity contribution is 0.393. The third-order valence-electron chi connectivity index (χ3n) is 2.80. The molecule has 1 N–H and O–H groups in total. The Kier molecular flexibility index (Phi) is 6.89. The maximum absolute atomic E-state index is 4.39. The highest BCUT2D eigenvalue weighted by Crippen LogP contribution is 2.00. The smallest absolute Gasteiger partial charge is 0.122 e. The molecule has 1 aromatic rings. The number of imidazole rings is 1. The van der Waals surface area contributed by atoms with E-state index in [4.69, 9.17) is 0 Å². The summed E-state index contributed by atoms with van der Waals surface area (Å²) in [5, 5.41) is 3.45. The van der Waals surface area contributed by atoms with Gasteiger partial charge in [-0.2, -0.15) is 0 Å². The molecule has 0 amide bonds. The van der Waals surface area contributed by atoms with Gasteiger partial charge in [0.05, 0.1) is 6.54 Å². The summed E-state index contributed by atoms with van der Waals surface area (Å²) in [5.74, 6) is 1.16. The van der Waals surface area contributed by atoms with Gasteiger partial charge in [-0.25, -0.2) is 4.98 Å². The van der Waals surface area contributed by atoms with Crippen LogP contribution in [0.4, 0.5) is 0 Å². The van der Waals surface area contributed by atoms with Crippen LogP contribution in [0.15, 0.2) is 12.4 Å². The third-order valence-corrected chi connectivity index (χ3v) is 2.80. The number of aryl methyl sites for hydroxylation is 1. The van der Waals surface area contributed by atoms with Crippen LogP contribution in [0.1, 0.15) is 32.0 Å². The van der Waals surface area contributed by atoms with Gasteiger partial charge in [0.2, 0.25) is 0 Å². The number of hydrogen-bond donors (Lipinski definition) is 1. The first-order valence-electron chi connectivity index (χ1n) is 6.59. The van der Waals surface area contributed by atoms with Crippen LogP contribution >= 0.6 is 0 Å². The summed E-state index contributed by atoms with van der Waals surface area (Å²) in [5.41, 5.74) is 0. The van der Waals surface area contributed by atoms with Crippen molar-refractivity contribution in [1.82, 2.24) is 19.8 Å². The normalized spacial score (nSPS) is 11.3. The maximum Gasteiger partial charge on any atom is 0.122 e. The predicted octanol–water partition coefficient (Wildman–Crippen LogP) is 1.72. The van der Waals surface area contributed by atoms with E-state index < -0.39 is 0 Å². The van der Waals surface area contributed by atoms with Gasteiger partial charge in [0.25, 0.3) is 0 Å². The van der Waals surface area contributed by atoms with E-state index in [1.165, 1.54) is 19.3 Å². The molecule has 98 valence electrons. The van der Waals surface area contributed by atoms with Gasteiger partial charge in [0, 0.05) is 18.9 Å². The zero-order valence-electron chi connectivity index (χ0n) is 11.4. The monoisotopic (exact) mass is 238 g/mol. The molecule has 0 aliphatic heterocycles. The number of nitrogens with one attached hydrogen (secondary N) is 1. The summed E-state index contributed by atoms with van der Waals surface area (Å²) in [6.07, 6.45) is 7.61. The quantitative estimate of drug-likeness (QED) is 0.665. The van der Waals surface area contributed by atoms with Crippen LogP contribution in [0.3, 0.4) is 0 Å². The lowest BCUT2D eigenvalue weighted by atomic mass is 10.3. The molecule has 0 spiro atoms. The molecule has 0 bridgehead atoms. The van der Waals surface area contributed by atoms with Crippen LogP contribution in [0, 0.1) is 0 Å². The van der Waals surface area contributed by atoms with E-state index in [0.717, 1.165) is 32.0 Å². The number of rotatable bonds is 9. The van der Waals surface area contributed by atoms with Crippen LogP contribution in [0.2, 0.25) is 0 Å². The fourth-order valence-electron chi connectivity index (χ4n) is 1.76. The zero-order valence-corrected chi connectivity index (χ0v) is 11.4. The molecule has 4 nitrogen and oxygen atoms in total. The van der Waals surface area contributed by atoms with E-state index in [0.29, 0.717) is 0 Å². The Balaban J connectivity index is 2.19. The molecule has 1 aromatic heterocycles. The molecule has 0 atom stereocenters. The highest BCUT2D eigenvalue weighted by atomic mass is 15.1. The highest BCUT2D eigenvalue weighted by molar-refractivity contribution is 4.91. The van der Waals surface area contributed by atoms with Crippen molar-refractivity contribution in [3.63, 3.8) is 0 Å². The minimum absolute atomic E-state index is 0.879. The molecule has 0 aliphatic rings. The van der Waals surface area contributed by atoms with Gasteiger partial charge in [-0.15, -0.1) is 0 Å².